The summed E-state index contributed by atoms with van der Waals surface area (Å²) in [7, 11) is 1.61. The average Bonchev–Trinajstić information content (AvgIpc) is 2.62. The van der Waals surface area contributed by atoms with Crippen LogP contribution in [0.5, 0.6) is 0 Å². The van der Waals surface area contributed by atoms with Gasteiger partial charge in [0, 0.05) is 7.05 Å². The number of rotatable bonds is 2. The molecule has 1 atom stereocenters. The van der Waals surface area contributed by atoms with E-state index >= 15 is 0 Å². The Kier molecular flexibility index (Phi) is 2.75. The molecule has 0 aliphatic rings. The van der Waals surface area contributed by atoms with Gasteiger partial charge in [0.05, 0.1) is 11.0 Å². The SMILES string of the molecule is CNC(=O)C(C)n1c(N)nc2cc(C)ccc21. The van der Waals surface area contributed by atoms with Crippen molar-refractivity contribution in [2.24, 2.45) is 0 Å². The number of hydrogen-bond donors (Lipinski definition) is 2. The average molecular weight is 232 g/mol. The Morgan fingerprint density at radius 3 is 2.88 bits per heavy atom. The Morgan fingerprint density at radius 1 is 1.53 bits per heavy atom. The van der Waals surface area contributed by atoms with Crippen molar-refractivity contribution in [1.29, 1.82) is 0 Å². The summed E-state index contributed by atoms with van der Waals surface area (Å²) >= 11 is 0. The first-order valence-electron chi connectivity index (χ1n) is 5.50. The molecule has 0 aliphatic carbocycles. The first-order chi connectivity index (χ1) is 8.04. The maximum absolute atomic E-state index is 11.7. The number of aromatic nitrogens is 2. The van der Waals surface area contributed by atoms with E-state index in [0.29, 0.717) is 5.95 Å². The Bertz CT molecular complexity index is 573. The lowest BCUT2D eigenvalue weighted by molar-refractivity contribution is -0.123. The third-order valence-electron chi connectivity index (χ3n) is 2.89. The summed E-state index contributed by atoms with van der Waals surface area (Å²) in [5, 5.41) is 2.61. The fraction of sp³-hybridized carbons (Fsp3) is 0.333. The first-order valence-corrected chi connectivity index (χ1v) is 5.50. The molecule has 0 spiro atoms. The van der Waals surface area contributed by atoms with Crippen LogP contribution in [-0.4, -0.2) is 22.5 Å². The van der Waals surface area contributed by atoms with Gasteiger partial charge in [-0.05, 0) is 31.5 Å². The summed E-state index contributed by atoms with van der Waals surface area (Å²) in [6.45, 7) is 3.80. The number of nitrogens with one attached hydrogen (secondary N) is 1. The monoisotopic (exact) mass is 232 g/mol. The smallest absolute Gasteiger partial charge is 0.242 e. The van der Waals surface area contributed by atoms with E-state index in [0.717, 1.165) is 16.6 Å². The van der Waals surface area contributed by atoms with Gasteiger partial charge in [0.1, 0.15) is 6.04 Å². The number of carbonyl (C=O) groups is 1. The second-order valence-corrected chi connectivity index (χ2v) is 4.12. The number of aryl methyl sites for hydroxylation is 1. The minimum atomic E-state index is -0.368. The number of benzene rings is 1. The van der Waals surface area contributed by atoms with Gasteiger partial charge >= 0.3 is 0 Å². The van der Waals surface area contributed by atoms with Crippen LogP contribution in [-0.2, 0) is 4.79 Å². The zero-order valence-electron chi connectivity index (χ0n) is 10.2. The normalized spacial score (nSPS) is 12.6. The first kappa shape index (κ1) is 11.4. The minimum absolute atomic E-state index is 0.0865. The van der Waals surface area contributed by atoms with Gasteiger partial charge in [0.25, 0.3) is 0 Å². The maximum atomic E-state index is 11.7. The van der Waals surface area contributed by atoms with Gasteiger partial charge in [-0.3, -0.25) is 9.36 Å². The minimum Gasteiger partial charge on any atom is -0.369 e. The van der Waals surface area contributed by atoms with Gasteiger partial charge in [-0.2, -0.15) is 0 Å². The molecule has 0 fully saturated rings. The van der Waals surface area contributed by atoms with Crippen molar-refractivity contribution in [2.75, 3.05) is 12.8 Å². The zero-order valence-corrected chi connectivity index (χ0v) is 10.2. The Balaban J connectivity index is 2.61. The van der Waals surface area contributed by atoms with E-state index < -0.39 is 0 Å². The number of carbonyl (C=O) groups excluding carboxylic acids is 1. The Labute approximate surface area is 99.6 Å². The fourth-order valence-electron chi connectivity index (χ4n) is 1.96. The molecule has 1 aromatic heterocycles. The molecule has 5 nitrogen and oxygen atoms in total. The van der Waals surface area contributed by atoms with Gasteiger partial charge in [-0.1, -0.05) is 6.07 Å². The molecule has 1 aromatic carbocycles. The molecule has 5 heteroatoms. The van der Waals surface area contributed by atoms with Gasteiger partial charge in [-0.25, -0.2) is 4.98 Å². The van der Waals surface area contributed by atoms with Crippen molar-refractivity contribution in [1.82, 2.24) is 14.9 Å². The van der Waals surface area contributed by atoms with E-state index in [9.17, 15) is 4.79 Å². The van der Waals surface area contributed by atoms with Crippen LogP contribution < -0.4 is 11.1 Å². The van der Waals surface area contributed by atoms with Crippen molar-refractivity contribution < 1.29 is 4.79 Å². The largest absolute Gasteiger partial charge is 0.369 e. The highest BCUT2D eigenvalue weighted by Gasteiger charge is 2.19. The number of hydrogen-bond acceptors (Lipinski definition) is 3. The predicted octanol–water partition coefficient (Wildman–Crippen LogP) is 1.23. The van der Waals surface area contributed by atoms with E-state index in [1.165, 1.54) is 0 Å². The summed E-state index contributed by atoms with van der Waals surface area (Å²) in [4.78, 5) is 15.9. The molecule has 1 unspecified atom stereocenters. The molecule has 0 bridgehead atoms. The van der Waals surface area contributed by atoms with Crippen LogP contribution in [0, 0.1) is 6.92 Å². The maximum Gasteiger partial charge on any atom is 0.242 e. The van der Waals surface area contributed by atoms with Crippen LogP contribution in [0.3, 0.4) is 0 Å². The fourth-order valence-corrected chi connectivity index (χ4v) is 1.96. The Morgan fingerprint density at radius 2 is 2.24 bits per heavy atom. The number of amides is 1. The topological polar surface area (TPSA) is 72.9 Å². The molecule has 1 heterocycles. The number of nitrogens with two attached hydrogens (primary N) is 1. The van der Waals surface area contributed by atoms with Gasteiger partial charge in [0.2, 0.25) is 11.9 Å². The molecule has 0 saturated heterocycles. The van der Waals surface area contributed by atoms with Crippen molar-refractivity contribution in [2.45, 2.75) is 19.9 Å². The van der Waals surface area contributed by atoms with Crippen LogP contribution >= 0.6 is 0 Å². The number of imidazole rings is 1. The van der Waals surface area contributed by atoms with E-state index in [4.69, 9.17) is 5.73 Å². The summed E-state index contributed by atoms with van der Waals surface area (Å²) in [5.74, 6) is 0.276. The predicted molar refractivity (Wildman–Crippen MR) is 67.7 cm³/mol. The molecular formula is C12H16N4O. The van der Waals surface area contributed by atoms with Gasteiger partial charge in [0.15, 0.2) is 0 Å². The molecule has 0 saturated carbocycles. The highest BCUT2D eigenvalue weighted by molar-refractivity contribution is 5.85. The molecule has 0 aliphatic heterocycles. The zero-order chi connectivity index (χ0) is 12.6. The van der Waals surface area contributed by atoms with E-state index in [2.05, 4.69) is 10.3 Å². The van der Waals surface area contributed by atoms with Crippen molar-refractivity contribution >= 4 is 22.9 Å². The number of nitrogen functional groups attached to an aromatic ring is 1. The summed E-state index contributed by atoms with van der Waals surface area (Å²) in [6, 6.07) is 5.51. The van der Waals surface area contributed by atoms with E-state index in [1.807, 2.05) is 25.1 Å². The van der Waals surface area contributed by atoms with Crippen LogP contribution in [0.2, 0.25) is 0 Å². The number of fused-ring (bicyclic) bond motifs is 1. The third-order valence-corrected chi connectivity index (χ3v) is 2.89. The van der Waals surface area contributed by atoms with Gasteiger partial charge < -0.3 is 11.1 Å². The van der Waals surface area contributed by atoms with Crippen LogP contribution in [0.1, 0.15) is 18.5 Å². The van der Waals surface area contributed by atoms with Crippen LogP contribution in [0.25, 0.3) is 11.0 Å². The molecule has 17 heavy (non-hydrogen) atoms. The summed E-state index contributed by atoms with van der Waals surface area (Å²) in [6.07, 6.45) is 0. The lowest BCUT2D eigenvalue weighted by atomic mass is 10.2. The molecule has 2 rings (SSSR count). The second-order valence-electron chi connectivity index (χ2n) is 4.12. The number of anilines is 1. The highest BCUT2D eigenvalue weighted by Crippen LogP contribution is 2.23. The van der Waals surface area contributed by atoms with Crippen LogP contribution in [0.4, 0.5) is 5.95 Å². The standard InChI is InChI=1S/C12H16N4O/c1-7-4-5-10-9(6-7)15-12(13)16(10)8(2)11(17)14-3/h4-6,8H,1-3H3,(H2,13,15)(H,14,17). The molecule has 2 aromatic rings. The van der Waals surface area contributed by atoms with E-state index in [1.54, 1.807) is 18.5 Å². The Hall–Kier alpha value is -2.04. The highest BCUT2D eigenvalue weighted by atomic mass is 16.2. The molecular weight excluding hydrogens is 216 g/mol. The summed E-state index contributed by atoms with van der Waals surface area (Å²) < 4.78 is 1.74. The lowest BCUT2D eigenvalue weighted by Gasteiger charge is -2.14. The molecule has 90 valence electrons. The molecule has 0 radical (unpaired) electrons. The third kappa shape index (κ3) is 1.84. The summed E-state index contributed by atoms with van der Waals surface area (Å²) in [5.41, 5.74) is 8.69. The van der Waals surface area contributed by atoms with E-state index in [-0.39, 0.29) is 11.9 Å². The van der Waals surface area contributed by atoms with Crippen molar-refractivity contribution in [3.05, 3.63) is 23.8 Å². The van der Waals surface area contributed by atoms with Crippen molar-refractivity contribution in [3.63, 3.8) is 0 Å². The molecule has 3 N–H and O–H groups in total. The van der Waals surface area contributed by atoms with Gasteiger partial charge in [-0.15, -0.1) is 0 Å². The lowest BCUT2D eigenvalue weighted by Crippen LogP contribution is -2.28. The number of likely N-dealkylation sites (N-methyl/N-ethyl adjacent to an activating group) is 1. The van der Waals surface area contributed by atoms with Crippen molar-refractivity contribution in [3.8, 4) is 0 Å². The molecule has 1 amide bonds. The van der Waals surface area contributed by atoms with Crippen LogP contribution in [0.15, 0.2) is 18.2 Å². The number of nitrogens with zero attached hydrogens (tertiary/aromatic N) is 2. The second kappa shape index (κ2) is 4.08. The quantitative estimate of drug-likeness (QED) is 0.818.